The lowest BCUT2D eigenvalue weighted by atomic mass is 10.2. The third kappa shape index (κ3) is 3.46. The summed E-state index contributed by atoms with van der Waals surface area (Å²) >= 11 is 0.642. The van der Waals surface area contributed by atoms with Crippen LogP contribution in [0.25, 0.3) is 0 Å². The molecule has 1 unspecified atom stereocenters. The average molecular weight is 238 g/mol. The number of thiazole rings is 1. The van der Waals surface area contributed by atoms with Crippen molar-refractivity contribution in [2.24, 2.45) is 0 Å². The molecule has 0 aliphatic carbocycles. The Morgan fingerprint density at radius 3 is 2.67 bits per heavy atom. The Labute approximate surface area is 90.5 Å². The molecule has 6 heteroatoms. The highest BCUT2D eigenvalue weighted by atomic mass is 32.1. The van der Waals surface area contributed by atoms with Crippen molar-refractivity contribution in [1.82, 2.24) is 10.3 Å². The van der Waals surface area contributed by atoms with Crippen molar-refractivity contribution in [3.05, 3.63) is 16.1 Å². The van der Waals surface area contributed by atoms with Crippen LogP contribution in [-0.4, -0.2) is 11.5 Å². The molecule has 0 bridgehead atoms. The molecule has 86 valence electrons. The Balaban J connectivity index is 2.67. The molecular weight excluding hydrogens is 225 g/mol. The lowest BCUT2D eigenvalue weighted by molar-refractivity contribution is -0.137. The Bertz CT molecular complexity index is 309. The van der Waals surface area contributed by atoms with Gasteiger partial charge in [-0.1, -0.05) is 6.92 Å². The Morgan fingerprint density at radius 2 is 2.20 bits per heavy atom. The molecule has 0 aliphatic rings. The number of aromatic nitrogens is 1. The quantitative estimate of drug-likeness (QED) is 0.871. The lowest BCUT2D eigenvalue weighted by Crippen LogP contribution is -2.19. The van der Waals surface area contributed by atoms with Crippen LogP contribution >= 0.6 is 11.3 Å². The molecular formula is C9H13F3N2S. The third-order valence-corrected chi connectivity index (χ3v) is 2.81. The highest BCUT2D eigenvalue weighted by Gasteiger charge is 2.34. The summed E-state index contributed by atoms with van der Waals surface area (Å²) in [5, 5.41) is 3.77. The maximum absolute atomic E-state index is 12.2. The normalized spacial score (nSPS) is 14.2. The minimum atomic E-state index is -4.33. The molecule has 0 saturated heterocycles. The van der Waals surface area contributed by atoms with Gasteiger partial charge in [-0.25, -0.2) is 4.98 Å². The molecule has 1 heterocycles. The van der Waals surface area contributed by atoms with Crippen LogP contribution in [0.3, 0.4) is 0 Å². The van der Waals surface area contributed by atoms with E-state index in [4.69, 9.17) is 0 Å². The zero-order valence-corrected chi connectivity index (χ0v) is 9.37. The molecule has 15 heavy (non-hydrogen) atoms. The van der Waals surface area contributed by atoms with Crippen LogP contribution in [0.5, 0.6) is 0 Å². The Hall–Kier alpha value is -0.620. The van der Waals surface area contributed by atoms with E-state index < -0.39 is 11.2 Å². The molecule has 0 aliphatic heterocycles. The van der Waals surface area contributed by atoms with E-state index in [1.807, 2.05) is 13.8 Å². The summed E-state index contributed by atoms with van der Waals surface area (Å²) in [6.07, 6.45) is -3.38. The fourth-order valence-electron chi connectivity index (χ4n) is 1.08. The second kappa shape index (κ2) is 4.94. The van der Waals surface area contributed by atoms with Crippen LogP contribution in [0, 0.1) is 0 Å². The van der Waals surface area contributed by atoms with Crippen LogP contribution in [-0.2, 0) is 6.18 Å². The predicted octanol–water partition coefficient (Wildman–Crippen LogP) is 3.22. The van der Waals surface area contributed by atoms with E-state index in [1.54, 1.807) is 0 Å². The van der Waals surface area contributed by atoms with Crippen LogP contribution in [0.1, 0.15) is 37.0 Å². The molecule has 1 rings (SSSR count). The van der Waals surface area contributed by atoms with Gasteiger partial charge in [0.25, 0.3) is 0 Å². The van der Waals surface area contributed by atoms with Crippen molar-refractivity contribution in [2.75, 3.05) is 6.54 Å². The number of nitrogens with one attached hydrogen (secondary N) is 1. The highest BCUT2D eigenvalue weighted by molar-refractivity contribution is 7.09. The van der Waals surface area contributed by atoms with Crippen molar-refractivity contribution in [1.29, 1.82) is 0 Å². The van der Waals surface area contributed by atoms with Crippen LogP contribution in [0.4, 0.5) is 13.2 Å². The van der Waals surface area contributed by atoms with Crippen LogP contribution < -0.4 is 5.32 Å². The molecule has 0 spiro atoms. The van der Waals surface area contributed by atoms with E-state index in [2.05, 4.69) is 10.3 Å². The zero-order chi connectivity index (χ0) is 11.5. The van der Waals surface area contributed by atoms with Gasteiger partial charge in [0.2, 0.25) is 0 Å². The molecule has 2 nitrogen and oxygen atoms in total. The van der Waals surface area contributed by atoms with E-state index in [0.29, 0.717) is 17.0 Å². The first-order valence-electron chi connectivity index (χ1n) is 4.71. The van der Waals surface area contributed by atoms with E-state index in [1.165, 1.54) is 5.38 Å². The van der Waals surface area contributed by atoms with Crippen LogP contribution in [0.15, 0.2) is 5.38 Å². The largest absolute Gasteiger partial charge is 0.443 e. The fourth-order valence-corrected chi connectivity index (χ4v) is 1.86. The summed E-state index contributed by atoms with van der Waals surface area (Å²) in [6, 6.07) is -0.128. The van der Waals surface area contributed by atoms with Gasteiger partial charge in [0, 0.05) is 11.4 Å². The maximum Gasteiger partial charge on any atom is 0.443 e. The lowest BCUT2D eigenvalue weighted by Gasteiger charge is -2.09. The number of hydrogen-bond acceptors (Lipinski definition) is 3. The van der Waals surface area contributed by atoms with Gasteiger partial charge in [-0.05, 0) is 19.9 Å². The van der Waals surface area contributed by atoms with Gasteiger partial charge in [-0.3, -0.25) is 0 Å². The molecule has 0 saturated carbocycles. The average Bonchev–Trinajstić information content (AvgIpc) is 2.62. The molecule has 0 amide bonds. The zero-order valence-electron chi connectivity index (χ0n) is 8.56. The second-order valence-corrected chi connectivity index (χ2v) is 4.11. The molecule has 1 N–H and O–H groups in total. The van der Waals surface area contributed by atoms with Gasteiger partial charge in [0.1, 0.15) is 0 Å². The molecule has 0 aromatic carbocycles. The minimum Gasteiger partial charge on any atom is -0.309 e. The molecule has 1 aromatic heterocycles. The van der Waals surface area contributed by atoms with Gasteiger partial charge >= 0.3 is 6.18 Å². The van der Waals surface area contributed by atoms with Crippen molar-refractivity contribution >= 4 is 11.3 Å². The first-order valence-corrected chi connectivity index (χ1v) is 5.59. The molecule has 0 fully saturated rings. The van der Waals surface area contributed by atoms with Gasteiger partial charge in [0.15, 0.2) is 5.01 Å². The number of hydrogen-bond donors (Lipinski definition) is 1. The van der Waals surface area contributed by atoms with Gasteiger partial charge in [-0.2, -0.15) is 13.2 Å². The third-order valence-electron chi connectivity index (χ3n) is 1.91. The summed E-state index contributed by atoms with van der Waals surface area (Å²) < 4.78 is 36.7. The summed E-state index contributed by atoms with van der Waals surface area (Å²) in [5.74, 6) is 0. The SMILES string of the molecule is CCCNC(C)c1csc(C(F)(F)F)n1. The standard InChI is InChI=1S/C9H13F3N2S/c1-3-4-13-6(2)7-5-15-8(14-7)9(10,11)12/h5-6,13H,3-4H2,1-2H3. The summed E-state index contributed by atoms with van der Waals surface area (Å²) in [6.45, 7) is 4.59. The summed E-state index contributed by atoms with van der Waals surface area (Å²) in [4.78, 5) is 3.57. The molecule has 1 atom stereocenters. The van der Waals surface area contributed by atoms with Gasteiger partial charge < -0.3 is 5.32 Å². The monoisotopic (exact) mass is 238 g/mol. The second-order valence-electron chi connectivity index (χ2n) is 3.25. The minimum absolute atomic E-state index is 0.128. The van der Waals surface area contributed by atoms with Crippen molar-refractivity contribution in [3.8, 4) is 0 Å². The van der Waals surface area contributed by atoms with Crippen molar-refractivity contribution < 1.29 is 13.2 Å². The smallest absolute Gasteiger partial charge is 0.309 e. The van der Waals surface area contributed by atoms with E-state index in [9.17, 15) is 13.2 Å². The number of rotatable bonds is 4. The summed E-state index contributed by atoms with van der Waals surface area (Å²) in [7, 11) is 0. The fraction of sp³-hybridized carbons (Fsp3) is 0.667. The highest BCUT2D eigenvalue weighted by Crippen LogP contribution is 2.32. The van der Waals surface area contributed by atoms with E-state index in [-0.39, 0.29) is 6.04 Å². The van der Waals surface area contributed by atoms with E-state index in [0.717, 1.165) is 13.0 Å². The number of nitrogens with zero attached hydrogens (tertiary/aromatic N) is 1. The van der Waals surface area contributed by atoms with Crippen LogP contribution in [0.2, 0.25) is 0 Å². The molecule has 0 radical (unpaired) electrons. The first-order chi connectivity index (χ1) is 6.95. The van der Waals surface area contributed by atoms with Crippen molar-refractivity contribution in [3.63, 3.8) is 0 Å². The number of alkyl halides is 3. The maximum atomic E-state index is 12.2. The Morgan fingerprint density at radius 1 is 1.53 bits per heavy atom. The molecule has 1 aromatic rings. The topological polar surface area (TPSA) is 24.9 Å². The number of halogens is 3. The van der Waals surface area contributed by atoms with Gasteiger partial charge in [0.05, 0.1) is 5.69 Å². The van der Waals surface area contributed by atoms with Crippen molar-refractivity contribution in [2.45, 2.75) is 32.5 Å². The first kappa shape index (κ1) is 12.4. The Kier molecular flexibility index (Phi) is 4.10. The summed E-state index contributed by atoms with van der Waals surface area (Å²) in [5.41, 5.74) is 0.459. The van der Waals surface area contributed by atoms with Gasteiger partial charge in [-0.15, -0.1) is 11.3 Å². The van der Waals surface area contributed by atoms with E-state index >= 15 is 0 Å². The predicted molar refractivity (Wildman–Crippen MR) is 53.8 cm³/mol.